The zero-order chi connectivity index (χ0) is 18.5. The van der Waals surface area contributed by atoms with Crippen molar-refractivity contribution < 1.29 is 19.4 Å². The Hall–Kier alpha value is -3.05. The summed E-state index contributed by atoms with van der Waals surface area (Å²) in [6.07, 6.45) is 3.41. The van der Waals surface area contributed by atoms with Crippen LogP contribution >= 0.6 is 0 Å². The molecular weight excluding hydrogens is 330 g/mol. The molecule has 5 nitrogen and oxygen atoms in total. The van der Waals surface area contributed by atoms with Crippen molar-refractivity contribution in [1.29, 1.82) is 0 Å². The summed E-state index contributed by atoms with van der Waals surface area (Å²) < 4.78 is 4.95. The average molecular weight is 349 g/mol. The fraction of sp³-hybridized carbons (Fsp3) is 0.190. The number of Topliss-reactive ketones (excluding diaryl/α,β-unsaturated/α-hetero) is 1. The number of phenols is 1. The molecule has 0 fully saturated rings. The number of benzene rings is 2. The molecule has 1 N–H and O–H groups in total. The predicted molar refractivity (Wildman–Crippen MR) is 99.7 cm³/mol. The number of fused-ring (bicyclic) bond motifs is 1. The first-order valence-corrected chi connectivity index (χ1v) is 8.33. The molecular formula is C21H19NO4. The lowest BCUT2D eigenvalue weighted by molar-refractivity contribution is 0.0958. The number of rotatable bonds is 7. The van der Waals surface area contributed by atoms with Crippen molar-refractivity contribution in [2.75, 3.05) is 13.7 Å². The highest BCUT2D eigenvalue weighted by Crippen LogP contribution is 2.29. The normalized spacial score (nSPS) is 10.8. The van der Waals surface area contributed by atoms with Crippen LogP contribution in [0.4, 0.5) is 0 Å². The number of nitrogens with zero attached hydrogens (tertiary/aromatic N) is 1. The number of carbonyl (C=O) groups excluding carboxylic acids is 2. The predicted octanol–water partition coefficient (Wildman–Crippen LogP) is 4.03. The van der Waals surface area contributed by atoms with Gasteiger partial charge in [0, 0.05) is 31.9 Å². The standard InChI is InChI=1S/C21H19NO4/c1-26-10-2-3-21(25)19-8-5-16(12-22-19)14-4-7-17-15(11-14)6-9-20(24)18(17)13-23/h4-9,11-13,24H,2-3,10H2,1H3. The first kappa shape index (κ1) is 17.8. The van der Waals surface area contributed by atoms with Gasteiger partial charge in [0.05, 0.1) is 5.56 Å². The van der Waals surface area contributed by atoms with Gasteiger partial charge in [-0.05, 0) is 41.0 Å². The van der Waals surface area contributed by atoms with E-state index in [0.29, 0.717) is 36.8 Å². The van der Waals surface area contributed by atoms with Gasteiger partial charge in [-0.3, -0.25) is 14.6 Å². The first-order valence-electron chi connectivity index (χ1n) is 8.33. The van der Waals surface area contributed by atoms with Gasteiger partial charge in [0.2, 0.25) is 0 Å². The van der Waals surface area contributed by atoms with Crippen LogP contribution < -0.4 is 0 Å². The van der Waals surface area contributed by atoms with E-state index < -0.39 is 0 Å². The van der Waals surface area contributed by atoms with E-state index in [2.05, 4.69) is 4.98 Å². The van der Waals surface area contributed by atoms with Crippen molar-refractivity contribution in [2.45, 2.75) is 12.8 Å². The van der Waals surface area contributed by atoms with Crippen LogP contribution in [0.25, 0.3) is 21.9 Å². The highest BCUT2D eigenvalue weighted by molar-refractivity contribution is 6.02. The van der Waals surface area contributed by atoms with Crippen molar-refractivity contribution in [2.24, 2.45) is 0 Å². The number of hydrogen-bond donors (Lipinski definition) is 1. The summed E-state index contributed by atoms with van der Waals surface area (Å²) in [4.78, 5) is 27.5. The largest absolute Gasteiger partial charge is 0.507 e. The summed E-state index contributed by atoms with van der Waals surface area (Å²) in [7, 11) is 1.61. The third-order valence-electron chi connectivity index (χ3n) is 4.29. The van der Waals surface area contributed by atoms with Crippen LogP contribution in [0, 0.1) is 0 Å². The molecule has 2 aromatic carbocycles. The lowest BCUT2D eigenvalue weighted by atomic mass is 9.99. The number of carbonyl (C=O) groups is 2. The Bertz CT molecular complexity index is 948. The van der Waals surface area contributed by atoms with E-state index in [4.69, 9.17) is 4.74 Å². The molecule has 132 valence electrons. The first-order chi connectivity index (χ1) is 12.6. The minimum Gasteiger partial charge on any atom is -0.507 e. The Morgan fingerprint density at radius 2 is 1.96 bits per heavy atom. The van der Waals surface area contributed by atoms with Crippen LogP contribution in [0.15, 0.2) is 48.7 Å². The minimum absolute atomic E-state index is 0.00166. The number of phenolic OH excluding ortho intramolecular Hbond substituents is 1. The summed E-state index contributed by atoms with van der Waals surface area (Å²) in [5.74, 6) is -0.0310. The molecule has 0 saturated carbocycles. The maximum Gasteiger partial charge on any atom is 0.181 e. The van der Waals surface area contributed by atoms with Crippen molar-refractivity contribution in [1.82, 2.24) is 4.98 Å². The van der Waals surface area contributed by atoms with Gasteiger partial charge in [-0.1, -0.05) is 24.3 Å². The van der Waals surface area contributed by atoms with Crippen LogP contribution in [0.5, 0.6) is 5.75 Å². The maximum absolute atomic E-state index is 12.1. The van der Waals surface area contributed by atoms with Crippen molar-refractivity contribution in [3.63, 3.8) is 0 Å². The SMILES string of the molecule is COCCCC(=O)c1ccc(-c2ccc3c(C=O)c(O)ccc3c2)cn1. The van der Waals surface area contributed by atoms with E-state index in [-0.39, 0.29) is 17.1 Å². The fourth-order valence-electron chi connectivity index (χ4n) is 2.88. The fourth-order valence-corrected chi connectivity index (χ4v) is 2.88. The minimum atomic E-state index is -0.0294. The van der Waals surface area contributed by atoms with E-state index in [1.165, 1.54) is 6.07 Å². The topological polar surface area (TPSA) is 76.5 Å². The van der Waals surface area contributed by atoms with Crippen molar-refractivity contribution in [3.8, 4) is 16.9 Å². The summed E-state index contributed by atoms with van der Waals surface area (Å²) in [6.45, 7) is 0.555. The molecule has 0 spiro atoms. The zero-order valence-corrected chi connectivity index (χ0v) is 14.4. The lowest BCUT2D eigenvalue weighted by Crippen LogP contribution is -2.03. The Morgan fingerprint density at radius 1 is 1.15 bits per heavy atom. The molecule has 5 heteroatoms. The molecule has 0 aliphatic rings. The number of methoxy groups -OCH3 is 1. The highest BCUT2D eigenvalue weighted by atomic mass is 16.5. The third kappa shape index (κ3) is 3.63. The molecule has 0 atom stereocenters. The maximum atomic E-state index is 12.1. The van der Waals surface area contributed by atoms with Crippen LogP contribution in [0.1, 0.15) is 33.7 Å². The summed E-state index contributed by atoms with van der Waals surface area (Å²) in [5.41, 5.74) is 2.52. The van der Waals surface area contributed by atoms with Gasteiger partial charge in [0.1, 0.15) is 11.4 Å². The molecule has 3 aromatic rings. The Kier molecular flexibility index (Phi) is 5.39. The molecule has 26 heavy (non-hydrogen) atoms. The molecule has 3 rings (SSSR count). The lowest BCUT2D eigenvalue weighted by Gasteiger charge is -2.07. The average Bonchev–Trinajstić information content (AvgIpc) is 2.68. The van der Waals surface area contributed by atoms with Gasteiger partial charge in [-0.25, -0.2) is 0 Å². The van der Waals surface area contributed by atoms with E-state index in [0.717, 1.165) is 16.5 Å². The molecule has 0 radical (unpaired) electrons. The van der Waals surface area contributed by atoms with Crippen LogP contribution in [0.2, 0.25) is 0 Å². The van der Waals surface area contributed by atoms with Crippen LogP contribution in [0.3, 0.4) is 0 Å². The van der Waals surface area contributed by atoms with Crippen LogP contribution in [-0.4, -0.2) is 35.9 Å². The van der Waals surface area contributed by atoms with Gasteiger partial charge in [-0.15, -0.1) is 0 Å². The van der Waals surface area contributed by atoms with E-state index in [1.807, 2.05) is 18.2 Å². The van der Waals surface area contributed by atoms with Crippen LogP contribution in [-0.2, 0) is 4.74 Å². The molecule has 0 amide bonds. The number of aldehydes is 1. The number of ketones is 1. The molecule has 1 heterocycles. The molecule has 0 aliphatic carbocycles. The number of hydrogen-bond acceptors (Lipinski definition) is 5. The van der Waals surface area contributed by atoms with E-state index in [9.17, 15) is 14.7 Å². The smallest absolute Gasteiger partial charge is 0.181 e. The monoisotopic (exact) mass is 349 g/mol. The summed E-state index contributed by atoms with van der Waals surface area (Å²) in [6, 6.07) is 12.5. The second-order valence-electron chi connectivity index (χ2n) is 6.00. The number of pyridine rings is 1. The van der Waals surface area contributed by atoms with E-state index in [1.54, 1.807) is 31.5 Å². The van der Waals surface area contributed by atoms with Crippen molar-refractivity contribution in [3.05, 3.63) is 59.9 Å². The van der Waals surface area contributed by atoms with Gasteiger partial charge >= 0.3 is 0 Å². The number of aromatic nitrogens is 1. The van der Waals surface area contributed by atoms with Gasteiger partial charge < -0.3 is 9.84 Å². The van der Waals surface area contributed by atoms with Crippen molar-refractivity contribution >= 4 is 22.8 Å². The van der Waals surface area contributed by atoms with Gasteiger partial charge in [0.25, 0.3) is 0 Å². The Morgan fingerprint density at radius 3 is 2.65 bits per heavy atom. The number of ether oxygens (including phenoxy) is 1. The highest BCUT2D eigenvalue weighted by Gasteiger charge is 2.10. The second kappa shape index (κ2) is 7.89. The molecule has 0 bridgehead atoms. The second-order valence-corrected chi connectivity index (χ2v) is 6.00. The van der Waals surface area contributed by atoms with E-state index >= 15 is 0 Å². The third-order valence-corrected chi connectivity index (χ3v) is 4.29. The summed E-state index contributed by atoms with van der Waals surface area (Å²) >= 11 is 0. The van der Waals surface area contributed by atoms with Gasteiger partial charge in [-0.2, -0.15) is 0 Å². The van der Waals surface area contributed by atoms with Gasteiger partial charge in [0.15, 0.2) is 12.1 Å². The zero-order valence-electron chi connectivity index (χ0n) is 14.4. The quantitative estimate of drug-likeness (QED) is 0.396. The Labute approximate surface area is 151 Å². The molecule has 0 unspecified atom stereocenters. The molecule has 0 saturated heterocycles. The number of aromatic hydroxyl groups is 1. The molecule has 1 aromatic heterocycles. The Balaban J connectivity index is 1.86. The summed E-state index contributed by atoms with van der Waals surface area (Å²) in [5, 5.41) is 11.3. The molecule has 0 aliphatic heterocycles.